The van der Waals surface area contributed by atoms with Crippen molar-refractivity contribution in [1.82, 2.24) is 14.9 Å². The summed E-state index contributed by atoms with van der Waals surface area (Å²) in [6.45, 7) is 4.12. The summed E-state index contributed by atoms with van der Waals surface area (Å²) in [5, 5.41) is 10.9. The van der Waals surface area contributed by atoms with Gasteiger partial charge in [0.05, 0.1) is 17.1 Å². The molecule has 2 atom stereocenters. The number of aliphatic hydroxyl groups is 1. The second kappa shape index (κ2) is 7.71. The monoisotopic (exact) mass is 365 g/mol. The molecule has 3 aromatic rings. The summed E-state index contributed by atoms with van der Waals surface area (Å²) >= 11 is 0. The fourth-order valence-electron chi connectivity index (χ4n) is 4.22. The summed E-state index contributed by atoms with van der Waals surface area (Å²) in [5.41, 5.74) is 3.55. The molecule has 1 fully saturated rings. The largest absolute Gasteiger partial charge is 0.387 e. The van der Waals surface area contributed by atoms with Gasteiger partial charge in [-0.25, -0.2) is 4.79 Å². The van der Waals surface area contributed by atoms with Crippen molar-refractivity contribution in [3.8, 4) is 0 Å². The topological polar surface area (TPSA) is 72.1 Å². The summed E-state index contributed by atoms with van der Waals surface area (Å²) in [7, 11) is 0. The first-order valence-corrected chi connectivity index (χ1v) is 9.78. The van der Waals surface area contributed by atoms with Gasteiger partial charge in [0, 0.05) is 6.04 Å². The Morgan fingerprint density at radius 2 is 1.78 bits per heavy atom. The van der Waals surface area contributed by atoms with Crippen LogP contribution in [0.15, 0.2) is 53.3 Å². The first kappa shape index (κ1) is 18.0. The molecule has 5 heteroatoms. The van der Waals surface area contributed by atoms with Crippen LogP contribution in [0, 0.1) is 5.92 Å². The number of aromatic amines is 2. The van der Waals surface area contributed by atoms with Crippen LogP contribution in [0.4, 0.5) is 0 Å². The lowest BCUT2D eigenvalue weighted by Gasteiger charge is -2.38. The minimum atomic E-state index is -0.571. The second-order valence-corrected chi connectivity index (χ2v) is 7.74. The van der Waals surface area contributed by atoms with Gasteiger partial charge in [-0.2, -0.15) is 0 Å². The highest BCUT2D eigenvalue weighted by Gasteiger charge is 2.27. The normalized spacial score (nSPS) is 18.6. The first-order chi connectivity index (χ1) is 13.1. The molecule has 0 aliphatic carbocycles. The summed E-state index contributed by atoms with van der Waals surface area (Å²) in [4.78, 5) is 19.3. The maximum absolute atomic E-state index is 11.4. The smallest absolute Gasteiger partial charge is 0.323 e. The van der Waals surface area contributed by atoms with Crippen molar-refractivity contribution in [2.75, 3.05) is 13.1 Å². The lowest BCUT2D eigenvalue weighted by atomic mass is 9.89. The van der Waals surface area contributed by atoms with Crippen LogP contribution < -0.4 is 5.69 Å². The number of hydrogen-bond donors (Lipinski definition) is 3. The van der Waals surface area contributed by atoms with Gasteiger partial charge < -0.3 is 15.1 Å². The summed E-state index contributed by atoms with van der Waals surface area (Å²) in [6.07, 6.45) is 2.90. The summed E-state index contributed by atoms with van der Waals surface area (Å²) < 4.78 is 0. The van der Waals surface area contributed by atoms with E-state index in [2.05, 4.69) is 52.1 Å². The van der Waals surface area contributed by atoms with E-state index in [1.165, 1.54) is 5.56 Å². The molecule has 1 aromatic heterocycles. The van der Waals surface area contributed by atoms with Crippen molar-refractivity contribution in [3.63, 3.8) is 0 Å². The van der Waals surface area contributed by atoms with Crippen molar-refractivity contribution in [3.05, 3.63) is 70.1 Å². The molecule has 0 radical (unpaired) electrons. The number of nitrogens with zero attached hydrogens (tertiary/aromatic N) is 1. The predicted molar refractivity (Wildman–Crippen MR) is 108 cm³/mol. The Morgan fingerprint density at radius 1 is 1.07 bits per heavy atom. The van der Waals surface area contributed by atoms with E-state index in [9.17, 15) is 9.90 Å². The Labute approximate surface area is 159 Å². The minimum absolute atomic E-state index is 0.0470. The molecule has 1 aliphatic heterocycles. The molecule has 2 heterocycles. The van der Waals surface area contributed by atoms with Crippen molar-refractivity contribution in [2.45, 2.75) is 38.3 Å². The number of imidazole rings is 1. The standard InChI is InChI=1S/C22H27N3O2/c1-15(21(26)18-7-8-19-20(14-18)24-22(27)23-19)25-11-9-17(10-12-25)13-16-5-3-2-4-6-16/h2-8,14-15,17,21,26H,9-13H2,1H3,(H2,23,24,27). The highest BCUT2D eigenvalue weighted by Crippen LogP contribution is 2.28. The number of likely N-dealkylation sites (tertiary alicyclic amines) is 1. The SMILES string of the molecule is CC(C(O)c1ccc2[nH]c(=O)[nH]c2c1)N1CCC(Cc2ccccc2)CC1. The third-order valence-corrected chi connectivity index (χ3v) is 5.93. The number of benzene rings is 2. The van der Waals surface area contributed by atoms with Crippen molar-refractivity contribution >= 4 is 11.0 Å². The van der Waals surface area contributed by atoms with Gasteiger partial charge in [-0.05, 0) is 68.5 Å². The quantitative estimate of drug-likeness (QED) is 0.650. The lowest BCUT2D eigenvalue weighted by Crippen LogP contribution is -2.43. The van der Waals surface area contributed by atoms with Gasteiger partial charge in [0.2, 0.25) is 0 Å². The molecule has 2 unspecified atom stereocenters. The van der Waals surface area contributed by atoms with Gasteiger partial charge in [0.25, 0.3) is 0 Å². The van der Waals surface area contributed by atoms with Gasteiger partial charge in [0.1, 0.15) is 0 Å². The summed E-state index contributed by atoms with van der Waals surface area (Å²) in [5.74, 6) is 0.717. The van der Waals surface area contributed by atoms with Crippen molar-refractivity contribution < 1.29 is 5.11 Å². The number of aromatic nitrogens is 2. The van der Waals surface area contributed by atoms with Gasteiger partial charge in [-0.3, -0.25) is 4.90 Å². The first-order valence-electron chi connectivity index (χ1n) is 9.78. The Bertz CT molecular complexity index is 939. The second-order valence-electron chi connectivity index (χ2n) is 7.74. The number of rotatable bonds is 5. The van der Waals surface area contributed by atoms with E-state index < -0.39 is 6.10 Å². The fourth-order valence-corrected chi connectivity index (χ4v) is 4.22. The molecular weight excluding hydrogens is 338 g/mol. The number of H-pyrrole nitrogens is 2. The van der Waals surface area contributed by atoms with Crippen LogP contribution in [0.3, 0.4) is 0 Å². The molecule has 142 valence electrons. The number of nitrogens with one attached hydrogen (secondary N) is 2. The van der Waals surface area contributed by atoms with Crippen LogP contribution >= 0.6 is 0 Å². The van der Waals surface area contributed by atoms with E-state index in [1.807, 2.05) is 18.2 Å². The number of fused-ring (bicyclic) bond motifs is 1. The Balaban J connectivity index is 1.37. The zero-order valence-corrected chi connectivity index (χ0v) is 15.7. The number of aliphatic hydroxyl groups excluding tert-OH is 1. The van der Waals surface area contributed by atoms with Crippen LogP contribution in [0.1, 0.15) is 37.0 Å². The van der Waals surface area contributed by atoms with E-state index in [0.717, 1.165) is 48.9 Å². The highest BCUT2D eigenvalue weighted by atomic mass is 16.3. The van der Waals surface area contributed by atoms with Crippen LogP contribution in [-0.2, 0) is 6.42 Å². The fraction of sp³-hybridized carbons (Fsp3) is 0.409. The van der Waals surface area contributed by atoms with E-state index in [0.29, 0.717) is 5.92 Å². The van der Waals surface area contributed by atoms with E-state index >= 15 is 0 Å². The number of piperidine rings is 1. The van der Waals surface area contributed by atoms with Crippen molar-refractivity contribution in [2.24, 2.45) is 5.92 Å². The van der Waals surface area contributed by atoms with E-state index in [4.69, 9.17) is 0 Å². The molecule has 0 saturated carbocycles. The highest BCUT2D eigenvalue weighted by molar-refractivity contribution is 5.75. The molecule has 0 amide bonds. The van der Waals surface area contributed by atoms with Crippen LogP contribution in [-0.4, -0.2) is 39.1 Å². The average Bonchev–Trinajstić information content (AvgIpc) is 3.07. The predicted octanol–water partition coefficient (Wildman–Crippen LogP) is 3.23. The number of hydrogen-bond acceptors (Lipinski definition) is 3. The van der Waals surface area contributed by atoms with E-state index in [1.54, 1.807) is 0 Å². The Kier molecular flexibility index (Phi) is 5.14. The third-order valence-electron chi connectivity index (χ3n) is 5.93. The summed E-state index contributed by atoms with van der Waals surface area (Å²) in [6, 6.07) is 16.4. The van der Waals surface area contributed by atoms with Crippen LogP contribution in [0.5, 0.6) is 0 Å². The Hall–Kier alpha value is -2.37. The van der Waals surface area contributed by atoms with Gasteiger partial charge in [-0.1, -0.05) is 36.4 Å². The maximum Gasteiger partial charge on any atom is 0.323 e. The van der Waals surface area contributed by atoms with E-state index in [-0.39, 0.29) is 11.7 Å². The molecule has 3 N–H and O–H groups in total. The Morgan fingerprint density at radius 3 is 2.52 bits per heavy atom. The molecule has 27 heavy (non-hydrogen) atoms. The molecule has 5 nitrogen and oxygen atoms in total. The van der Waals surface area contributed by atoms with Crippen molar-refractivity contribution in [1.29, 1.82) is 0 Å². The molecule has 2 aromatic carbocycles. The molecule has 1 aliphatic rings. The zero-order valence-electron chi connectivity index (χ0n) is 15.7. The maximum atomic E-state index is 11.4. The van der Waals surface area contributed by atoms with Gasteiger partial charge in [-0.15, -0.1) is 0 Å². The lowest BCUT2D eigenvalue weighted by molar-refractivity contribution is 0.0374. The molecule has 4 rings (SSSR count). The zero-order chi connectivity index (χ0) is 18.8. The minimum Gasteiger partial charge on any atom is -0.387 e. The van der Waals surface area contributed by atoms with Gasteiger partial charge >= 0.3 is 5.69 Å². The van der Waals surface area contributed by atoms with Crippen LogP contribution in [0.25, 0.3) is 11.0 Å². The molecule has 0 bridgehead atoms. The molecule has 1 saturated heterocycles. The molecule has 0 spiro atoms. The van der Waals surface area contributed by atoms with Crippen LogP contribution in [0.2, 0.25) is 0 Å². The average molecular weight is 365 g/mol. The molecular formula is C22H27N3O2. The van der Waals surface area contributed by atoms with Gasteiger partial charge in [0.15, 0.2) is 0 Å². The third kappa shape index (κ3) is 3.99.